The van der Waals surface area contributed by atoms with E-state index >= 15 is 0 Å². The molecule has 5 heteroatoms. The molecule has 0 aliphatic carbocycles. The summed E-state index contributed by atoms with van der Waals surface area (Å²) in [7, 11) is -3.18. The second kappa shape index (κ2) is 6.72. The highest BCUT2D eigenvalue weighted by Crippen LogP contribution is 2.17. The Kier molecular flexibility index (Phi) is 4.96. The molecule has 0 fully saturated rings. The quantitative estimate of drug-likeness (QED) is 0.886. The van der Waals surface area contributed by atoms with E-state index in [1.54, 1.807) is 30.3 Å². The molecule has 0 saturated carbocycles. The first kappa shape index (κ1) is 15.5. The summed E-state index contributed by atoms with van der Waals surface area (Å²) in [6.07, 6.45) is 0.599. The molecule has 2 rings (SSSR count). The minimum absolute atomic E-state index is 0.156. The zero-order valence-electron chi connectivity index (χ0n) is 11.8. The molecule has 112 valence electrons. The third-order valence-corrected chi connectivity index (χ3v) is 5.01. The monoisotopic (exact) mass is 307 g/mol. The van der Waals surface area contributed by atoms with E-state index in [9.17, 15) is 12.8 Å². The van der Waals surface area contributed by atoms with Crippen LogP contribution in [0.2, 0.25) is 0 Å². The van der Waals surface area contributed by atoms with Crippen molar-refractivity contribution >= 4 is 15.5 Å². The van der Waals surface area contributed by atoms with Crippen LogP contribution in [0.15, 0.2) is 53.4 Å². The molecular formula is C16H18FNO2S. The van der Waals surface area contributed by atoms with Crippen molar-refractivity contribution in [1.29, 1.82) is 0 Å². The Morgan fingerprint density at radius 3 is 2.43 bits per heavy atom. The number of nitrogens with one attached hydrogen (secondary N) is 1. The lowest BCUT2D eigenvalue weighted by Crippen LogP contribution is -2.06. The number of halogens is 1. The van der Waals surface area contributed by atoms with Crippen LogP contribution in [0.25, 0.3) is 0 Å². The van der Waals surface area contributed by atoms with Gasteiger partial charge in [-0.05, 0) is 48.4 Å². The first-order valence-corrected chi connectivity index (χ1v) is 8.47. The highest BCUT2D eigenvalue weighted by Gasteiger charge is 2.12. The standard InChI is InChI=1S/C16H18FNO2S/c1-2-10-21(19,20)16-8-6-15(7-9-16)18-12-13-4-3-5-14(17)11-13/h3-9,11,18H,2,10,12H2,1H3. The van der Waals surface area contributed by atoms with Crippen LogP contribution in [0.1, 0.15) is 18.9 Å². The molecule has 0 unspecified atom stereocenters. The molecule has 0 aromatic heterocycles. The van der Waals surface area contributed by atoms with E-state index < -0.39 is 9.84 Å². The molecule has 0 aliphatic heterocycles. The van der Waals surface area contributed by atoms with Crippen molar-refractivity contribution in [3.05, 3.63) is 59.9 Å². The van der Waals surface area contributed by atoms with E-state index in [2.05, 4.69) is 5.32 Å². The summed E-state index contributed by atoms with van der Waals surface area (Å²) in [6.45, 7) is 2.32. The van der Waals surface area contributed by atoms with Gasteiger partial charge in [-0.2, -0.15) is 0 Å². The molecule has 0 heterocycles. The molecule has 2 aromatic carbocycles. The molecular weight excluding hydrogens is 289 g/mol. The number of benzene rings is 2. The van der Waals surface area contributed by atoms with E-state index in [1.165, 1.54) is 12.1 Å². The molecule has 1 N–H and O–H groups in total. The molecule has 2 aromatic rings. The van der Waals surface area contributed by atoms with E-state index in [1.807, 2.05) is 13.0 Å². The number of rotatable bonds is 6. The summed E-state index contributed by atoms with van der Waals surface area (Å²) in [5, 5.41) is 3.14. The smallest absolute Gasteiger partial charge is 0.178 e. The Hall–Kier alpha value is -1.88. The predicted molar refractivity (Wildman–Crippen MR) is 82.5 cm³/mol. The van der Waals surface area contributed by atoms with Gasteiger partial charge >= 0.3 is 0 Å². The third kappa shape index (κ3) is 4.29. The van der Waals surface area contributed by atoms with Crippen LogP contribution in [-0.2, 0) is 16.4 Å². The van der Waals surface area contributed by atoms with Gasteiger partial charge in [-0.25, -0.2) is 12.8 Å². The molecule has 0 radical (unpaired) electrons. The molecule has 3 nitrogen and oxygen atoms in total. The summed E-state index contributed by atoms with van der Waals surface area (Å²) in [5.41, 5.74) is 1.63. The van der Waals surface area contributed by atoms with Gasteiger partial charge in [-0.15, -0.1) is 0 Å². The van der Waals surface area contributed by atoms with E-state index in [-0.39, 0.29) is 11.6 Å². The Balaban J connectivity index is 2.03. The van der Waals surface area contributed by atoms with E-state index in [0.29, 0.717) is 17.9 Å². The maximum absolute atomic E-state index is 13.1. The zero-order valence-corrected chi connectivity index (χ0v) is 12.7. The lowest BCUT2D eigenvalue weighted by atomic mass is 10.2. The Bertz CT molecular complexity index is 696. The van der Waals surface area contributed by atoms with Crippen molar-refractivity contribution in [2.75, 3.05) is 11.1 Å². The largest absolute Gasteiger partial charge is 0.381 e. The normalized spacial score (nSPS) is 11.3. The Morgan fingerprint density at radius 2 is 1.81 bits per heavy atom. The highest BCUT2D eigenvalue weighted by atomic mass is 32.2. The topological polar surface area (TPSA) is 46.2 Å². The average molecular weight is 307 g/mol. The number of hydrogen-bond donors (Lipinski definition) is 1. The Labute approximate surface area is 124 Å². The average Bonchev–Trinajstić information content (AvgIpc) is 2.46. The van der Waals surface area contributed by atoms with Crippen LogP contribution in [0.4, 0.5) is 10.1 Å². The molecule has 0 spiro atoms. The lowest BCUT2D eigenvalue weighted by molar-refractivity contribution is 0.594. The number of anilines is 1. The van der Waals surface area contributed by atoms with Crippen LogP contribution >= 0.6 is 0 Å². The first-order valence-electron chi connectivity index (χ1n) is 6.82. The molecule has 0 atom stereocenters. The predicted octanol–water partition coefficient (Wildman–Crippen LogP) is 3.62. The van der Waals surface area contributed by atoms with Crippen molar-refractivity contribution < 1.29 is 12.8 Å². The van der Waals surface area contributed by atoms with Crippen LogP contribution in [0.5, 0.6) is 0 Å². The minimum atomic E-state index is -3.18. The fraction of sp³-hybridized carbons (Fsp3) is 0.250. The second-order valence-electron chi connectivity index (χ2n) is 4.83. The van der Waals surface area contributed by atoms with Crippen molar-refractivity contribution in [2.24, 2.45) is 0 Å². The molecule has 21 heavy (non-hydrogen) atoms. The lowest BCUT2D eigenvalue weighted by Gasteiger charge is -2.08. The summed E-state index contributed by atoms with van der Waals surface area (Å²) >= 11 is 0. The second-order valence-corrected chi connectivity index (χ2v) is 6.94. The van der Waals surface area contributed by atoms with Gasteiger partial charge in [-0.3, -0.25) is 0 Å². The fourth-order valence-corrected chi connectivity index (χ4v) is 3.34. The van der Waals surface area contributed by atoms with Gasteiger partial charge in [0.25, 0.3) is 0 Å². The summed E-state index contributed by atoms with van der Waals surface area (Å²) in [4.78, 5) is 0.334. The maximum Gasteiger partial charge on any atom is 0.178 e. The van der Waals surface area contributed by atoms with Crippen molar-refractivity contribution in [1.82, 2.24) is 0 Å². The Morgan fingerprint density at radius 1 is 1.10 bits per heavy atom. The maximum atomic E-state index is 13.1. The van der Waals surface area contributed by atoms with Gasteiger partial charge in [0.2, 0.25) is 0 Å². The van der Waals surface area contributed by atoms with Gasteiger partial charge in [0, 0.05) is 12.2 Å². The van der Waals surface area contributed by atoms with Crippen LogP contribution in [0, 0.1) is 5.82 Å². The van der Waals surface area contributed by atoms with Gasteiger partial charge in [0.15, 0.2) is 9.84 Å². The van der Waals surface area contributed by atoms with Crippen molar-refractivity contribution in [3.8, 4) is 0 Å². The van der Waals surface area contributed by atoms with E-state index in [0.717, 1.165) is 11.3 Å². The van der Waals surface area contributed by atoms with Gasteiger partial charge in [-0.1, -0.05) is 19.1 Å². The molecule has 0 bridgehead atoms. The summed E-state index contributed by atoms with van der Waals surface area (Å²) < 4.78 is 36.9. The van der Waals surface area contributed by atoms with Crippen LogP contribution < -0.4 is 5.32 Å². The van der Waals surface area contributed by atoms with E-state index in [4.69, 9.17) is 0 Å². The summed E-state index contributed by atoms with van der Waals surface area (Å²) in [5.74, 6) is -0.112. The van der Waals surface area contributed by atoms with Gasteiger partial charge in [0.1, 0.15) is 5.82 Å². The van der Waals surface area contributed by atoms with Crippen LogP contribution in [0.3, 0.4) is 0 Å². The zero-order chi connectivity index (χ0) is 15.3. The van der Waals surface area contributed by atoms with Gasteiger partial charge in [0.05, 0.1) is 10.6 Å². The summed E-state index contributed by atoms with van der Waals surface area (Å²) in [6, 6.07) is 13.0. The minimum Gasteiger partial charge on any atom is -0.381 e. The van der Waals surface area contributed by atoms with Gasteiger partial charge < -0.3 is 5.32 Å². The third-order valence-electron chi connectivity index (χ3n) is 3.07. The van der Waals surface area contributed by atoms with Crippen molar-refractivity contribution in [3.63, 3.8) is 0 Å². The highest BCUT2D eigenvalue weighted by molar-refractivity contribution is 7.91. The molecule has 0 amide bonds. The van der Waals surface area contributed by atoms with Crippen LogP contribution in [-0.4, -0.2) is 14.2 Å². The first-order chi connectivity index (χ1) is 10.0. The fourth-order valence-electron chi connectivity index (χ4n) is 2.02. The SMILES string of the molecule is CCCS(=O)(=O)c1ccc(NCc2cccc(F)c2)cc1. The van der Waals surface area contributed by atoms with Crippen molar-refractivity contribution in [2.45, 2.75) is 24.8 Å². The molecule has 0 saturated heterocycles. The number of hydrogen-bond acceptors (Lipinski definition) is 3. The number of sulfone groups is 1. The molecule has 0 aliphatic rings.